The molecule has 1 aromatic carbocycles. The Kier molecular flexibility index (Phi) is 5.17. The molecule has 1 aliphatic carbocycles. The standard InChI is InChI=1S/C21H27NO4/c1-21(2)12-14-9-19(26-3)16(20(24)25)10-15(14)17(22-21)11-18(23)13-7-5-4-6-8-13/h9-10,13H,4-8,11-12H2,1-3H3,(H,24,25). The number of rotatable bonds is 5. The molecule has 3 rings (SSSR count). The SMILES string of the molecule is COc1cc2c(cc1C(=O)O)C(CC(=O)C1CCCCC1)=NC(C)(C)C2. The second kappa shape index (κ2) is 7.22. The minimum Gasteiger partial charge on any atom is -0.496 e. The van der Waals surface area contributed by atoms with Crippen LogP contribution >= 0.6 is 0 Å². The van der Waals surface area contributed by atoms with Crippen molar-refractivity contribution in [3.63, 3.8) is 0 Å². The maximum Gasteiger partial charge on any atom is 0.339 e. The first-order valence-electron chi connectivity index (χ1n) is 9.37. The summed E-state index contributed by atoms with van der Waals surface area (Å²) >= 11 is 0. The van der Waals surface area contributed by atoms with E-state index >= 15 is 0 Å². The second-order valence-electron chi connectivity index (χ2n) is 8.04. The van der Waals surface area contributed by atoms with Crippen LogP contribution in [0.15, 0.2) is 17.1 Å². The highest BCUT2D eigenvalue weighted by atomic mass is 16.5. The largest absolute Gasteiger partial charge is 0.496 e. The molecule has 2 aliphatic rings. The lowest BCUT2D eigenvalue weighted by molar-refractivity contribution is -0.122. The fourth-order valence-electron chi connectivity index (χ4n) is 4.17. The first kappa shape index (κ1) is 18.6. The zero-order valence-electron chi connectivity index (χ0n) is 15.8. The molecular formula is C21H27NO4. The van der Waals surface area contributed by atoms with E-state index in [9.17, 15) is 14.7 Å². The average Bonchev–Trinajstić information content (AvgIpc) is 2.60. The van der Waals surface area contributed by atoms with Gasteiger partial charge in [0.25, 0.3) is 0 Å². The molecule has 0 aromatic heterocycles. The predicted octanol–water partition coefficient (Wildman–Crippen LogP) is 4.06. The molecule has 1 aliphatic heterocycles. The summed E-state index contributed by atoms with van der Waals surface area (Å²) in [7, 11) is 1.48. The molecular weight excluding hydrogens is 330 g/mol. The van der Waals surface area contributed by atoms with Crippen molar-refractivity contribution in [1.82, 2.24) is 0 Å². The first-order chi connectivity index (χ1) is 12.3. The van der Waals surface area contributed by atoms with Crippen molar-refractivity contribution in [2.45, 2.75) is 64.3 Å². The molecule has 140 valence electrons. The summed E-state index contributed by atoms with van der Waals surface area (Å²) in [4.78, 5) is 29.2. The molecule has 1 N–H and O–H groups in total. The van der Waals surface area contributed by atoms with Gasteiger partial charge in [0.15, 0.2) is 0 Å². The van der Waals surface area contributed by atoms with E-state index in [0.29, 0.717) is 12.2 Å². The van der Waals surface area contributed by atoms with Crippen LogP contribution in [0.4, 0.5) is 0 Å². The van der Waals surface area contributed by atoms with Gasteiger partial charge >= 0.3 is 5.97 Å². The fourth-order valence-corrected chi connectivity index (χ4v) is 4.17. The van der Waals surface area contributed by atoms with Gasteiger partial charge in [0.1, 0.15) is 17.1 Å². The van der Waals surface area contributed by atoms with E-state index in [2.05, 4.69) is 0 Å². The third-order valence-corrected chi connectivity index (χ3v) is 5.43. The Bertz CT molecular complexity index is 758. The lowest BCUT2D eigenvalue weighted by atomic mass is 9.81. The highest BCUT2D eigenvalue weighted by Crippen LogP contribution is 2.34. The van der Waals surface area contributed by atoms with Crippen molar-refractivity contribution < 1.29 is 19.4 Å². The number of carboxylic acid groups (broad SMARTS) is 1. The number of carbonyl (C=O) groups is 2. The van der Waals surface area contributed by atoms with Gasteiger partial charge in [-0.2, -0.15) is 0 Å². The van der Waals surface area contributed by atoms with Crippen molar-refractivity contribution in [3.8, 4) is 5.75 Å². The maximum atomic E-state index is 12.8. The third kappa shape index (κ3) is 3.81. The molecule has 1 fully saturated rings. The number of aliphatic imine (C=N–C) groups is 1. The Morgan fingerprint density at radius 1 is 1.23 bits per heavy atom. The zero-order chi connectivity index (χ0) is 18.9. The maximum absolute atomic E-state index is 12.8. The van der Waals surface area contributed by atoms with E-state index in [0.717, 1.165) is 42.5 Å². The van der Waals surface area contributed by atoms with E-state index in [1.54, 1.807) is 12.1 Å². The number of ether oxygens (including phenoxy) is 1. The van der Waals surface area contributed by atoms with E-state index in [-0.39, 0.29) is 29.2 Å². The van der Waals surface area contributed by atoms with Crippen LogP contribution in [0.25, 0.3) is 0 Å². The van der Waals surface area contributed by atoms with Crippen LogP contribution in [0, 0.1) is 5.92 Å². The smallest absolute Gasteiger partial charge is 0.339 e. The van der Waals surface area contributed by atoms with Crippen molar-refractivity contribution >= 4 is 17.5 Å². The molecule has 0 radical (unpaired) electrons. The molecule has 26 heavy (non-hydrogen) atoms. The molecule has 5 nitrogen and oxygen atoms in total. The number of nitrogens with zero attached hydrogens (tertiary/aromatic N) is 1. The van der Waals surface area contributed by atoms with Crippen molar-refractivity contribution in [3.05, 3.63) is 28.8 Å². The predicted molar refractivity (Wildman–Crippen MR) is 100 cm³/mol. The quantitative estimate of drug-likeness (QED) is 0.862. The van der Waals surface area contributed by atoms with Crippen molar-refractivity contribution in [1.29, 1.82) is 0 Å². The Balaban J connectivity index is 1.97. The number of hydrogen-bond acceptors (Lipinski definition) is 4. The molecule has 0 atom stereocenters. The number of methoxy groups -OCH3 is 1. The van der Waals surface area contributed by atoms with Crippen LogP contribution in [0.1, 0.15) is 73.9 Å². The molecule has 0 spiro atoms. The number of carbonyl (C=O) groups excluding carboxylic acids is 1. The monoisotopic (exact) mass is 357 g/mol. The Labute approximate surface area is 154 Å². The second-order valence-corrected chi connectivity index (χ2v) is 8.04. The van der Waals surface area contributed by atoms with Gasteiger partial charge in [-0.25, -0.2) is 4.79 Å². The first-order valence-corrected chi connectivity index (χ1v) is 9.37. The molecule has 1 heterocycles. The minimum absolute atomic E-state index is 0.115. The summed E-state index contributed by atoms with van der Waals surface area (Å²) in [6.07, 6.45) is 6.35. The summed E-state index contributed by atoms with van der Waals surface area (Å²) < 4.78 is 5.26. The average molecular weight is 357 g/mol. The normalized spacial score (nSPS) is 19.4. The van der Waals surface area contributed by atoms with Gasteiger partial charge in [-0.3, -0.25) is 9.79 Å². The molecule has 1 aromatic rings. The molecule has 0 amide bonds. The van der Waals surface area contributed by atoms with E-state index < -0.39 is 5.97 Å². The van der Waals surface area contributed by atoms with Crippen molar-refractivity contribution in [2.75, 3.05) is 7.11 Å². The van der Waals surface area contributed by atoms with E-state index in [1.165, 1.54) is 13.5 Å². The number of hydrogen-bond donors (Lipinski definition) is 1. The van der Waals surface area contributed by atoms with Gasteiger partial charge in [-0.1, -0.05) is 19.3 Å². The van der Waals surface area contributed by atoms with Gasteiger partial charge in [-0.05, 0) is 50.8 Å². The molecule has 0 unspecified atom stereocenters. The van der Waals surface area contributed by atoms with Crippen LogP contribution in [0.5, 0.6) is 5.75 Å². The minimum atomic E-state index is -1.03. The summed E-state index contributed by atoms with van der Waals surface area (Å²) in [5.41, 5.74) is 2.30. The number of benzene rings is 1. The number of carboxylic acids is 1. The molecule has 0 bridgehead atoms. The molecule has 0 saturated heterocycles. The topological polar surface area (TPSA) is 76.0 Å². The van der Waals surface area contributed by atoms with Crippen LogP contribution in [-0.2, 0) is 11.2 Å². The Morgan fingerprint density at radius 2 is 1.92 bits per heavy atom. The fraction of sp³-hybridized carbons (Fsp3) is 0.571. The third-order valence-electron chi connectivity index (χ3n) is 5.43. The van der Waals surface area contributed by atoms with Gasteiger partial charge in [0.2, 0.25) is 0 Å². The number of fused-ring (bicyclic) bond motifs is 1. The highest BCUT2D eigenvalue weighted by Gasteiger charge is 2.31. The summed E-state index contributed by atoms with van der Waals surface area (Å²) in [5, 5.41) is 9.49. The molecule has 5 heteroatoms. The number of aromatic carboxylic acids is 1. The van der Waals surface area contributed by atoms with E-state index in [4.69, 9.17) is 9.73 Å². The molecule has 1 saturated carbocycles. The van der Waals surface area contributed by atoms with Crippen LogP contribution in [0.2, 0.25) is 0 Å². The van der Waals surface area contributed by atoms with Crippen LogP contribution in [-0.4, -0.2) is 35.2 Å². The lowest BCUT2D eigenvalue weighted by Gasteiger charge is -2.30. The van der Waals surface area contributed by atoms with Gasteiger partial charge in [-0.15, -0.1) is 0 Å². The van der Waals surface area contributed by atoms with Crippen molar-refractivity contribution in [2.24, 2.45) is 10.9 Å². The Hall–Kier alpha value is -2.17. The zero-order valence-corrected chi connectivity index (χ0v) is 15.8. The van der Waals surface area contributed by atoms with Crippen LogP contribution in [0.3, 0.4) is 0 Å². The van der Waals surface area contributed by atoms with Crippen LogP contribution < -0.4 is 4.74 Å². The number of Topliss-reactive ketones (excluding diaryl/α,β-unsaturated/α-hetero) is 1. The van der Waals surface area contributed by atoms with E-state index in [1.807, 2.05) is 13.8 Å². The summed E-state index contributed by atoms with van der Waals surface area (Å²) in [6, 6.07) is 3.42. The van der Waals surface area contributed by atoms with Gasteiger partial charge in [0.05, 0.1) is 18.4 Å². The van der Waals surface area contributed by atoms with Gasteiger partial charge in [0, 0.05) is 17.9 Å². The van der Waals surface area contributed by atoms with Gasteiger partial charge < -0.3 is 9.84 Å². The lowest BCUT2D eigenvalue weighted by Crippen LogP contribution is -2.31. The highest BCUT2D eigenvalue weighted by molar-refractivity contribution is 6.14. The summed E-state index contributed by atoms with van der Waals surface area (Å²) in [6.45, 7) is 4.08. The number of ketones is 1. The Morgan fingerprint density at radius 3 is 2.54 bits per heavy atom. The summed E-state index contributed by atoms with van der Waals surface area (Å²) in [5.74, 6) is -0.323.